The van der Waals surface area contributed by atoms with E-state index in [2.05, 4.69) is 10.2 Å². The van der Waals surface area contributed by atoms with E-state index in [1.54, 1.807) is 0 Å². The van der Waals surface area contributed by atoms with Gasteiger partial charge in [0.05, 0.1) is 0 Å². The van der Waals surface area contributed by atoms with Gasteiger partial charge in [-0.3, -0.25) is 4.79 Å². The van der Waals surface area contributed by atoms with Crippen LogP contribution in [0.15, 0.2) is 24.3 Å². The van der Waals surface area contributed by atoms with E-state index in [4.69, 9.17) is 0 Å². The molecule has 0 bridgehead atoms. The van der Waals surface area contributed by atoms with Crippen LogP contribution in [0.2, 0.25) is 0 Å². The third kappa shape index (κ3) is 4.67. The molecule has 1 heterocycles. The van der Waals surface area contributed by atoms with Crippen molar-refractivity contribution < 1.29 is 4.79 Å². The highest BCUT2D eigenvalue weighted by Crippen LogP contribution is 2.11. The van der Waals surface area contributed by atoms with E-state index < -0.39 is 0 Å². The highest BCUT2D eigenvalue weighted by atomic mass is 35.5. The van der Waals surface area contributed by atoms with Gasteiger partial charge in [0.1, 0.15) is 0 Å². The van der Waals surface area contributed by atoms with Crippen molar-refractivity contribution in [1.82, 2.24) is 4.90 Å². The summed E-state index contributed by atoms with van der Waals surface area (Å²) in [6.45, 7) is 5.22. The van der Waals surface area contributed by atoms with Crippen molar-refractivity contribution in [1.29, 1.82) is 0 Å². The lowest BCUT2D eigenvalue weighted by molar-refractivity contribution is -0.116. The van der Waals surface area contributed by atoms with E-state index in [0.29, 0.717) is 6.42 Å². The van der Waals surface area contributed by atoms with Crippen LogP contribution in [0.5, 0.6) is 0 Å². The van der Waals surface area contributed by atoms with Gasteiger partial charge in [-0.25, -0.2) is 0 Å². The van der Waals surface area contributed by atoms with Crippen molar-refractivity contribution in [2.75, 3.05) is 25.0 Å². The third-order valence-electron chi connectivity index (χ3n) is 3.16. The summed E-state index contributed by atoms with van der Waals surface area (Å²) in [5.74, 6) is 0.113. The van der Waals surface area contributed by atoms with E-state index in [0.717, 1.165) is 25.3 Å². The lowest BCUT2D eigenvalue weighted by Gasteiger charge is -2.14. The number of benzene rings is 1. The Hall–Kier alpha value is -1.06. The summed E-state index contributed by atoms with van der Waals surface area (Å²) in [6, 6.07) is 7.92. The van der Waals surface area contributed by atoms with Crippen molar-refractivity contribution in [3.8, 4) is 0 Å². The van der Waals surface area contributed by atoms with Gasteiger partial charge in [-0.1, -0.05) is 12.1 Å². The number of amides is 1. The monoisotopic (exact) mass is 268 g/mol. The first-order valence-electron chi connectivity index (χ1n) is 6.33. The Morgan fingerprint density at radius 3 is 2.72 bits per heavy atom. The molecule has 0 atom stereocenters. The fourth-order valence-electron chi connectivity index (χ4n) is 2.21. The Morgan fingerprint density at radius 2 is 2.06 bits per heavy atom. The first-order chi connectivity index (χ1) is 8.24. The number of nitrogens with zero attached hydrogens (tertiary/aromatic N) is 1. The second-order valence-corrected chi connectivity index (χ2v) is 4.72. The first-order valence-corrected chi connectivity index (χ1v) is 6.33. The normalized spacial score (nSPS) is 15.2. The number of hydrogen-bond donors (Lipinski definition) is 1. The third-order valence-corrected chi connectivity index (χ3v) is 3.16. The highest BCUT2D eigenvalue weighted by molar-refractivity contribution is 5.90. The summed E-state index contributed by atoms with van der Waals surface area (Å²) in [7, 11) is 0. The summed E-state index contributed by atoms with van der Waals surface area (Å²) in [5.41, 5.74) is 2.07. The number of carbonyl (C=O) groups is 1. The average Bonchev–Trinajstić information content (AvgIpc) is 2.79. The maximum Gasteiger partial charge on any atom is 0.225 e. The summed E-state index contributed by atoms with van der Waals surface area (Å²) in [5, 5.41) is 2.94. The van der Waals surface area contributed by atoms with Crippen LogP contribution in [0.25, 0.3) is 0 Å². The van der Waals surface area contributed by atoms with E-state index >= 15 is 0 Å². The van der Waals surface area contributed by atoms with Gasteiger partial charge in [-0.2, -0.15) is 0 Å². The molecular weight excluding hydrogens is 248 g/mol. The Labute approximate surface area is 115 Å². The van der Waals surface area contributed by atoms with Crippen molar-refractivity contribution >= 4 is 24.0 Å². The Kier molecular flexibility index (Phi) is 6.16. The number of carbonyl (C=O) groups excluding carboxylic acids is 1. The number of rotatable bonds is 4. The van der Waals surface area contributed by atoms with Crippen LogP contribution in [-0.2, 0) is 4.79 Å². The average molecular weight is 269 g/mol. The molecule has 1 saturated heterocycles. The fourth-order valence-corrected chi connectivity index (χ4v) is 2.21. The molecule has 0 aromatic heterocycles. The predicted octanol–water partition coefficient (Wildman–Crippen LogP) is 2.84. The smallest absolute Gasteiger partial charge is 0.225 e. The molecule has 1 amide bonds. The van der Waals surface area contributed by atoms with Gasteiger partial charge in [0, 0.05) is 18.7 Å². The molecule has 0 radical (unpaired) electrons. The fraction of sp³-hybridized carbons (Fsp3) is 0.500. The van der Waals surface area contributed by atoms with Crippen molar-refractivity contribution in [3.63, 3.8) is 0 Å². The molecule has 4 heteroatoms. The zero-order valence-corrected chi connectivity index (χ0v) is 11.6. The lowest BCUT2D eigenvalue weighted by atomic mass is 10.2. The molecule has 1 fully saturated rings. The maximum absolute atomic E-state index is 11.7. The summed E-state index contributed by atoms with van der Waals surface area (Å²) in [4.78, 5) is 14.1. The molecule has 0 saturated carbocycles. The molecule has 1 N–H and O–H groups in total. The highest BCUT2D eigenvalue weighted by Gasteiger charge is 2.12. The SMILES string of the molecule is Cc1cccc(NC(=O)CCN2CCCC2)c1.Cl. The number of nitrogens with one attached hydrogen (secondary N) is 1. The molecule has 0 aliphatic carbocycles. The van der Waals surface area contributed by atoms with Gasteiger partial charge in [-0.05, 0) is 50.6 Å². The molecule has 1 aliphatic heterocycles. The minimum Gasteiger partial charge on any atom is -0.326 e. The summed E-state index contributed by atoms with van der Waals surface area (Å²) < 4.78 is 0. The number of aryl methyl sites for hydroxylation is 1. The zero-order chi connectivity index (χ0) is 12.1. The molecule has 0 unspecified atom stereocenters. The summed E-state index contributed by atoms with van der Waals surface area (Å²) in [6.07, 6.45) is 3.15. The van der Waals surface area contributed by atoms with Crippen LogP contribution in [-0.4, -0.2) is 30.4 Å². The molecule has 1 aliphatic rings. The van der Waals surface area contributed by atoms with Gasteiger partial charge in [0.15, 0.2) is 0 Å². The molecule has 2 rings (SSSR count). The predicted molar refractivity (Wildman–Crippen MR) is 77.3 cm³/mol. The van der Waals surface area contributed by atoms with Crippen LogP contribution in [0, 0.1) is 6.92 Å². The van der Waals surface area contributed by atoms with Crippen LogP contribution >= 0.6 is 12.4 Å². The van der Waals surface area contributed by atoms with E-state index in [1.165, 1.54) is 18.4 Å². The number of likely N-dealkylation sites (tertiary alicyclic amines) is 1. The van der Waals surface area contributed by atoms with E-state index in [1.807, 2.05) is 31.2 Å². The number of halogens is 1. The number of hydrogen-bond acceptors (Lipinski definition) is 2. The van der Waals surface area contributed by atoms with Gasteiger partial charge in [0.25, 0.3) is 0 Å². The molecule has 0 spiro atoms. The van der Waals surface area contributed by atoms with Crippen molar-refractivity contribution in [2.24, 2.45) is 0 Å². The Bertz CT molecular complexity index is 389. The van der Waals surface area contributed by atoms with Crippen LogP contribution in [0.1, 0.15) is 24.8 Å². The second-order valence-electron chi connectivity index (χ2n) is 4.72. The standard InChI is InChI=1S/C14H20N2O.ClH/c1-12-5-4-6-13(11-12)15-14(17)7-10-16-8-2-3-9-16;/h4-6,11H,2-3,7-10H2,1H3,(H,15,17);1H. The van der Waals surface area contributed by atoms with Crippen molar-refractivity contribution in [2.45, 2.75) is 26.2 Å². The van der Waals surface area contributed by atoms with E-state index in [9.17, 15) is 4.79 Å². The number of anilines is 1. The molecule has 18 heavy (non-hydrogen) atoms. The zero-order valence-electron chi connectivity index (χ0n) is 10.8. The van der Waals surface area contributed by atoms with Crippen LogP contribution in [0.4, 0.5) is 5.69 Å². The van der Waals surface area contributed by atoms with Crippen LogP contribution in [0.3, 0.4) is 0 Å². The van der Waals surface area contributed by atoms with E-state index in [-0.39, 0.29) is 18.3 Å². The minimum atomic E-state index is 0. The lowest BCUT2D eigenvalue weighted by Crippen LogP contribution is -2.25. The molecule has 3 nitrogen and oxygen atoms in total. The van der Waals surface area contributed by atoms with Crippen molar-refractivity contribution in [3.05, 3.63) is 29.8 Å². The quantitative estimate of drug-likeness (QED) is 0.911. The molecule has 1 aromatic rings. The molecule has 1 aromatic carbocycles. The molecule has 100 valence electrons. The van der Waals surface area contributed by atoms with Gasteiger partial charge < -0.3 is 10.2 Å². The Morgan fingerprint density at radius 1 is 1.33 bits per heavy atom. The topological polar surface area (TPSA) is 32.3 Å². The second kappa shape index (κ2) is 7.39. The maximum atomic E-state index is 11.7. The first kappa shape index (κ1) is 15.0. The summed E-state index contributed by atoms with van der Waals surface area (Å²) >= 11 is 0. The molecular formula is C14H21ClN2O. The minimum absolute atomic E-state index is 0. The van der Waals surface area contributed by atoms with Gasteiger partial charge >= 0.3 is 0 Å². The largest absolute Gasteiger partial charge is 0.326 e. The van der Waals surface area contributed by atoms with Gasteiger partial charge in [-0.15, -0.1) is 12.4 Å². The Balaban J connectivity index is 0.00000162. The van der Waals surface area contributed by atoms with Gasteiger partial charge in [0.2, 0.25) is 5.91 Å². The van der Waals surface area contributed by atoms with Crippen LogP contribution < -0.4 is 5.32 Å².